The zero-order valence-electron chi connectivity index (χ0n) is 15.9. The first-order valence-electron chi connectivity index (χ1n) is 10.3. The molecule has 0 saturated carbocycles. The van der Waals surface area contributed by atoms with Gasteiger partial charge in [0.15, 0.2) is 0 Å². The maximum atomic E-state index is 12.9. The minimum atomic E-state index is -0.0647. The standard InChI is InChI=1S/C24H29NO2/c26-24(27-23-15-9-17-25-16-8-7-14-22(23)25)18-21(19-10-3-1-4-11-19)20-12-5-2-6-13-20/h1-6,10-13,21-23H,7-9,14-18H2. The molecule has 0 amide bonds. The number of hydrogen-bond acceptors (Lipinski definition) is 3. The molecule has 0 radical (unpaired) electrons. The maximum absolute atomic E-state index is 12.9. The van der Waals surface area contributed by atoms with E-state index in [4.69, 9.17) is 4.74 Å². The molecular weight excluding hydrogens is 334 g/mol. The molecule has 3 nitrogen and oxygen atoms in total. The van der Waals surface area contributed by atoms with Gasteiger partial charge in [-0.05, 0) is 49.9 Å². The molecule has 2 atom stereocenters. The van der Waals surface area contributed by atoms with Crippen molar-refractivity contribution in [2.24, 2.45) is 0 Å². The van der Waals surface area contributed by atoms with E-state index in [1.807, 2.05) is 36.4 Å². The molecular formula is C24H29NO2. The molecule has 0 N–H and O–H groups in total. The number of fused-ring (bicyclic) bond motifs is 1. The van der Waals surface area contributed by atoms with Crippen LogP contribution in [0, 0.1) is 0 Å². The highest BCUT2D eigenvalue weighted by atomic mass is 16.5. The van der Waals surface area contributed by atoms with Crippen molar-refractivity contribution in [1.82, 2.24) is 4.90 Å². The van der Waals surface area contributed by atoms with Crippen LogP contribution in [0.4, 0.5) is 0 Å². The fourth-order valence-corrected chi connectivity index (χ4v) is 4.72. The van der Waals surface area contributed by atoms with Crippen LogP contribution in [0.2, 0.25) is 0 Å². The van der Waals surface area contributed by atoms with Gasteiger partial charge in [0.2, 0.25) is 0 Å². The third kappa shape index (κ3) is 4.41. The first-order valence-corrected chi connectivity index (χ1v) is 10.3. The van der Waals surface area contributed by atoms with Crippen LogP contribution in [0.15, 0.2) is 60.7 Å². The molecule has 2 saturated heterocycles. The van der Waals surface area contributed by atoms with Crippen molar-refractivity contribution in [3.63, 3.8) is 0 Å². The average molecular weight is 364 g/mol. The first-order chi connectivity index (χ1) is 13.3. The van der Waals surface area contributed by atoms with Crippen LogP contribution in [0.3, 0.4) is 0 Å². The maximum Gasteiger partial charge on any atom is 0.307 e. The van der Waals surface area contributed by atoms with E-state index in [0.717, 1.165) is 25.9 Å². The highest BCUT2D eigenvalue weighted by molar-refractivity contribution is 5.71. The van der Waals surface area contributed by atoms with E-state index in [1.165, 1.54) is 30.4 Å². The first kappa shape index (κ1) is 18.2. The lowest BCUT2D eigenvalue weighted by molar-refractivity contribution is -0.156. The van der Waals surface area contributed by atoms with Crippen LogP contribution >= 0.6 is 0 Å². The number of esters is 1. The lowest BCUT2D eigenvalue weighted by Gasteiger charge is -2.43. The predicted octanol–water partition coefficient (Wildman–Crippen LogP) is 4.77. The number of piperidine rings is 2. The van der Waals surface area contributed by atoms with Gasteiger partial charge in [0.1, 0.15) is 6.10 Å². The molecule has 27 heavy (non-hydrogen) atoms. The van der Waals surface area contributed by atoms with Crippen molar-refractivity contribution >= 4 is 5.97 Å². The molecule has 142 valence electrons. The summed E-state index contributed by atoms with van der Waals surface area (Å²) in [4.78, 5) is 15.4. The van der Waals surface area contributed by atoms with Crippen molar-refractivity contribution in [3.8, 4) is 0 Å². The zero-order chi connectivity index (χ0) is 18.5. The van der Waals surface area contributed by atoms with Gasteiger partial charge in [-0.15, -0.1) is 0 Å². The van der Waals surface area contributed by atoms with Gasteiger partial charge in [-0.3, -0.25) is 9.69 Å². The fourth-order valence-electron chi connectivity index (χ4n) is 4.72. The lowest BCUT2D eigenvalue weighted by Crippen LogP contribution is -2.52. The molecule has 2 aromatic carbocycles. The second kappa shape index (κ2) is 8.71. The molecule has 2 aliphatic heterocycles. The van der Waals surface area contributed by atoms with E-state index in [9.17, 15) is 4.79 Å². The molecule has 0 aromatic heterocycles. The summed E-state index contributed by atoms with van der Waals surface area (Å²) in [5.74, 6) is -0.0175. The highest BCUT2D eigenvalue weighted by Crippen LogP contribution is 2.31. The molecule has 2 unspecified atom stereocenters. The summed E-state index contributed by atoms with van der Waals surface area (Å²) in [5.41, 5.74) is 2.34. The molecule has 0 spiro atoms. The van der Waals surface area contributed by atoms with Gasteiger partial charge in [-0.1, -0.05) is 67.1 Å². The lowest BCUT2D eigenvalue weighted by atomic mass is 9.88. The minimum absolute atomic E-state index is 0.0472. The highest BCUT2D eigenvalue weighted by Gasteiger charge is 2.35. The van der Waals surface area contributed by atoms with Crippen LogP contribution in [0.25, 0.3) is 0 Å². The summed E-state index contributed by atoms with van der Waals surface area (Å²) in [6.45, 7) is 2.32. The molecule has 0 bridgehead atoms. The van der Waals surface area contributed by atoms with Crippen LogP contribution in [-0.4, -0.2) is 36.1 Å². The number of carbonyl (C=O) groups excluding carboxylic acids is 1. The normalized spacial score (nSPS) is 23.0. The largest absolute Gasteiger partial charge is 0.461 e. The zero-order valence-corrected chi connectivity index (χ0v) is 15.9. The summed E-state index contributed by atoms with van der Waals surface area (Å²) < 4.78 is 6.05. The number of hydrogen-bond donors (Lipinski definition) is 0. The second-order valence-corrected chi connectivity index (χ2v) is 7.85. The molecule has 2 heterocycles. The van der Waals surface area contributed by atoms with Crippen molar-refractivity contribution in [3.05, 3.63) is 71.8 Å². The molecule has 0 aliphatic carbocycles. The molecule has 4 rings (SSSR count). The molecule has 3 heteroatoms. The average Bonchev–Trinajstić information content (AvgIpc) is 2.73. The minimum Gasteiger partial charge on any atom is -0.461 e. The smallest absolute Gasteiger partial charge is 0.307 e. The molecule has 2 aliphatic rings. The Bertz CT molecular complexity index is 689. The Balaban J connectivity index is 1.47. The summed E-state index contributed by atoms with van der Waals surface area (Å²) >= 11 is 0. The second-order valence-electron chi connectivity index (χ2n) is 7.85. The third-order valence-corrected chi connectivity index (χ3v) is 6.08. The van der Waals surface area contributed by atoms with Gasteiger partial charge < -0.3 is 4.74 Å². The predicted molar refractivity (Wildman–Crippen MR) is 108 cm³/mol. The van der Waals surface area contributed by atoms with Gasteiger partial charge in [-0.2, -0.15) is 0 Å². The van der Waals surface area contributed by atoms with E-state index in [0.29, 0.717) is 12.5 Å². The van der Waals surface area contributed by atoms with E-state index < -0.39 is 0 Å². The van der Waals surface area contributed by atoms with Gasteiger partial charge in [0.05, 0.1) is 6.42 Å². The third-order valence-electron chi connectivity index (χ3n) is 6.08. The van der Waals surface area contributed by atoms with Gasteiger partial charge in [0.25, 0.3) is 0 Å². The fraction of sp³-hybridized carbons (Fsp3) is 0.458. The summed E-state index contributed by atoms with van der Waals surface area (Å²) in [5, 5.41) is 0. The number of benzene rings is 2. The molecule has 2 aromatic rings. The van der Waals surface area contributed by atoms with Crippen LogP contribution < -0.4 is 0 Å². The SMILES string of the molecule is O=C(CC(c1ccccc1)c1ccccc1)OC1CCCN2CCCCC12. The van der Waals surface area contributed by atoms with Crippen molar-refractivity contribution in [2.45, 2.75) is 56.6 Å². The van der Waals surface area contributed by atoms with Crippen molar-refractivity contribution < 1.29 is 9.53 Å². The Morgan fingerprint density at radius 3 is 2.19 bits per heavy atom. The van der Waals surface area contributed by atoms with Crippen molar-refractivity contribution in [2.75, 3.05) is 13.1 Å². The number of ether oxygens (including phenoxy) is 1. The Morgan fingerprint density at radius 2 is 1.52 bits per heavy atom. The Labute approximate surface area is 162 Å². The van der Waals surface area contributed by atoms with Crippen LogP contribution in [-0.2, 0) is 9.53 Å². The summed E-state index contributed by atoms with van der Waals surface area (Å²) in [6.07, 6.45) is 6.31. The number of carbonyl (C=O) groups is 1. The molecule has 2 fully saturated rings. The summed E-state index contributed by atoms with van der Waals surface area (Å²) in [6, 6.07) is 21.0. The number of rotatable bonds is 5. The van der Waals surface area contributed by atoms with Crippen LogP contribution in [0.5, 0.6) is 0 Å². The quantitative estimate of drug-likeness (QED) is 0.717. The van der Waals surface area contributed by atoms with E-state index in [1.54, 1.807) is 0 Å². The van der Waals surface area contributed by atoms with Gasteiger partial charge >= 0.3 is 5.97 Å². The van der Waals surface area contributed by atoms with E-state index in [-0.39, 0.29) is 18.0 Å². The topological polar surface area (TPSA) is 29.5 Å². The summed E-state index contributed by atoms with van der Waals surface area (Å²) in [7, 11) is 0. The Morgan fingerprint density at radius 1 is 0.889 bits per heavy atom. The van der Waals surface area contributed by atoms with Crippen molar-refractivity contribution in [1.29, 1.82) is 0 Å². The van der Waals surface area contributed by atoms with Crippen LogP contribution in [0.1, 0.15) is 55.6 Å². The van der Waals surface area contributed by atoms with E-state index >= 15 is 0 Å². The number of nitrogens with zero attached hydrogens (tertiary/aromatic N) is 1. The monoisotopic (exact) mass is 363 g/mol. The Hall–Kier alpha value is -2.13. The van der Waals surface area contributed by atoms with E-state index in [2.05, 4.69) is 29.2 Å². The van der Waals surface area contributed by atoms with Gasteiger partial charge in [0, 0.05) is 12.0 Å². The Kier molecular flexibility index (Phi) is 5.88. The van der Waals surface area contributed by atoms with Gasteiger partial charge in [-0.25, -0.2) is 0 Å².